The van der Waals surface area contributed by atoms with E-state index >= 15 is 0 Å². The highest BCUT2D eigenvalue weighted by molar-refractivity contribution is 6.01. The van der Waals surface area contributed by atoms with Crippen LogP contribution in [0, 0.1) is 5.41 Å². The van der Waals surface area contributed by atoms with Crippen LogP contribution in [0.3, 0.4) is 0 Å². The zero-order valence-electron chi connectivity index (χ0n) is 25.6. The predicted octanol–water partition coefficient (Wildman–Crippen LogP) is 4.75. The molecule has 1 aromatic heterocycles. The van der Waals surface area contributed by atoms with Gasteiger partial charge in [-0.05, 0) is 80.1 Å². The van der Waals surface area contributed by atoms with Crippen molar-refractivity contribution < 1.29 is 19.1 Å². The number of ether oxygens (including phenoxy) is 2. The molecule has 0 unspecified atom stereocenters. The van der Waals surface area contributed by atoms with Crippen LogP contribution in [-0.2, 0) is 9.47 Å². The van der Waals surface area contributed by atoms with Gasteiger partial charge in [-0.3, -0.25) is 9.59 Å². The number of hydrogen-bond donors (Lipinski definition) is 4. The average molecular weight is 537 g/mol. The van der Waals surface area contributed by atoms with Crippen LogP contribution < -0.4 is 21.7 Å². The van der Waals surface area contributed by atoms with Gasteiger partial charge in [0, 0.05) is 31.8 Å². The van der Waals surface area contributed by atoms with E-state index in [1.165, 1.54) is 0 Å². The van der Waals surface area contributed by atoms with E-state index < -0.39 is 17.4 Å². The van der Waals surface area contributed by atoms with Gasteiger partial charge in [-0.1, -0.05) is 20.8 Å². The van der Waals surface area contributed by atoms with Gasteiger partial charge in [-0.25, -0.2) is 9.97 Å². The van der Waals surface area contributed by atoms with Crippen molar-refractivity contribution in [3.63, 3.8) is 0 Å². The molecule has 218 valence electrons. The molecule has 38 heavy (non-hydrogen) atoms. The first-order valence-corrected chi connectivity index (χ1v) is 13.6. The highest BCUT2D eigenvalue weighted by Gasteiger charge is 2.28. The standard InChI is InChI=1S/C28H52N6O4/c1-12-15-30-22-19(21(29)35)32-23(31-18-27(8,9)13-16-37-25(2,3)4)20(33-22)24(36)34-28(10,11)14-17-38-26(5,6)7/h12-18H2,1-11H3,(H2,29,35)(H,30,33)(H,31,32)(H,34,36). The number of aromatic nitrogens is 2. The van der Waals surface area contributed by atoms with Gasteiger partial charge in [-0.2, -0.15) is 0 Å². The van der Waals surface area contributed by atoms with E-state index in [1.54, 1.807) is 0 Å². The second-order valence-corrected chi connectivity index (χ2v) is 13.2. The van der Waals surface area contributed by atoms with E-state index in [1.807, 2.05) is 62.3 Å². The van der Waals surface area contributed by atoms with Gasteiger partial charge >= 0.3 is 0 Å². The van der Waals surface area contributed by atoms with Crippen LogP contribution >= 0.6 is 0 Å². The number of carbonyl (C=O) groups excluding carboxylic acids is 2. The Balaban J connectivity index is 3.23. The first kappa shape index (κ1) is 33.6. The lowest BCUT2D eigenvalue weighted by Gasteiger charge is -2.30. The molecule has 0 fully saturated rings. The average Bonchev–Trinajstić information content (AvgIpc) is 2.73. The fraction of sp³-hybridized carbons (Fsp3) is 0.786. The summed E-state index contributed by atoms with van der Waals surface area (Å²) in [7, 11) is 0. The molecule has 0 saturated carbocycles. The Bertz CT molecular complexity index is 932. The molecule has 0 spiro atoms. The number of carbonyl (C=O) groups is 2. The number of nitrogens with two attached hydrogens (primary N) is 1. The van der Waals surface area contributed by atoms with E-state index in [2.05, 4.69) is 39.8 Å². The van der Waals surface area contributed by atoms with Gasteiger partial charge < -0.3 is 31.2 Å². The predicted molar refractivity (Wildman–Crippen MR) is 154 cm³/mol. The minimum absolute atomic E-state index is 0.00999. The van der Waals surface area contributed by atoms with Crippen molar-refractivity contribution in [1.82, 2.24) is 15.3 Å². The largest absolute Gasteiger partial charge is 0.376 e. The molecule has 1 heterocycles. The Morgan fingerprint density at radius 1 is 0.789 bits per heavy atom. The monoisotopic (exact) mass is 536 g/mol. The van der Waals surface area contributed by atoms with Crippen LogP contribution in [0.25, 0.3) is 0 Å². The molecule has 0 radical (unpaired) electrons. The zero-order chi connectivity index (χ0) is 29.4. The smallest absolute Gasteiger partial charge is 0.274 e. The number of rotatable bonds is 15. The fourth-order valence-corrected chi connectivity index (χ4v) is 3.34. The maximum atomic E-state index is 13.5. The topological polar surface area (TPSA) is 140 Å². The van der Waals surface area contributed by atoms with Crippen molar-refractivity contribution in [3.8, 4) is 0 Å². The molecule has 0 aliphatic carbocycles. The Morgan fingerprint density at radius 3 is 1.79 bits per heavy atom. The van der Waals surface area contributed by atoms with E-state index in [4.69, 9.17) is 15.2 Å². The number of amides is 2. The molecule has 10 heteroatoms. The highest BCUT2D eigenvalue weighted by atomic mass is 16.5. The lowest BCUT2D eigenvalue weighted by atomic mass is 9.89. The molecular weight excluding hydrogens is 484 g/mol. The summed E-state index contributed by atoms with van der Waals surface area (Å²) >= 11 is 0. The van der Waals surface area contributed by atoms with E-state index in [0.29, 0.717) is 32.7 Å². The maximum Gasteiger partial charge on any atom is 0.274 e. The molecule has 0 bridgehead atoms. The fourth-order valence-electron chi connectivity index (χ4n) is 3.34. The third-order valence-corrected chi connectivity index (χ3v) is 5.65. The van der Waals surface area contributed by atoms with Crippen LogP contribution in [-0.4, -0.2) is 64.8 Å². The minimum atomic E-state index is -0.719. The van der Waals surface area contributed by atoms with Crippen molar-refractivity contribution in [1.29, 1.82) is 0 Å². The molecule has 10 nitrogen and oxygen atoms in total. The van der Waals surface area contributed by atoms with E-state index in [9.17, 15) is 9.59 Å². The quantitative estimate of drug-likeness (QED) is 0.252. The maximum absolute atomic E-state index is 13.5. The summed E-state index contributed by atoms with van der Waals surface area (Å²) in [4.78, 5) is 34.7. The van der Waals surface area contributed by atoms with Gasteiger partial charge in [-0.15, -0.1) is 0 Å². The Kier molecular flexibility index (Phi) is 12.0. The van der Waals surface area contributed by atoms with Crippen molar-refractivity contribution in [3.05, 3.63) is 11.4 Å². The summed E-state index contributed by atoms with van der Waals surface area (Å²) < 4.78 is 11.7. The number of primary amides is 1. The summed E-state index contributed by atoms with van der Waals surface area (Å²) in [5.74, 6) is -0.708. The first-order valence-electron chi connectivity index (χ1n) is 13.6. The van der Waals surface area contributed by atoms with Crippen LogP contribution in [0.5, 0.6) is 0 Å². The summed E-state index contributed by atoms with van der Waals surface area (Å²) in [6.45, 7) is 24.2. The number of nitrogens with zero attached hydrogens (tertiary/aromatic N) is 2. The third kappa shape index (κ3) is 12.9. The SMILES string of the molecule is CCCNc1nc(C(=O)NC(C)(C)CCOC(C)(C)C)c(NCC(C)(C)CCOC(C)(C)C)nc1C(N)=O. The van der Waals surface area contributed by atoms with Gasteiger partial charge in [0.2, 0.25) is 0 Å². The van der Waals surface area contributed by atoms with E-state index in [0.717, 1.165) is 12.8 Å². The molecule has 0 saturated heterocycles. The van der Waals surface area contributed by atoms with Crippen molar-refractivity contribution >= 4 is 23.5 Å². The third-order valence-electron chi connectivity index (χ3n) is 5.65. The molecule has 0 aliphatic rings. The molecule has 0 aromatic carbocycles. The molecular formula is C28H52N6O4. The molecule has 5 N–H and O–H groups in total. The Labute approximate surface area is 229 Å². The summed E-state index contributed by atoms with van der Waals surface area (Å²) in [5.41, 5.74) is 4.47. The lowest BCUT2D eigenvalue weighted by Crippen LogP contribution is -2.45. The number of hydrogen-bond acceptors (Lipinski definition) is 8. The summed E-state index contributed by atoms with van der Waals surface area (Å²) in [6, 6.07) is 0. The minimum Gasteiger partial charge on any atom is -0.376 e. The van der Waals surface area contributed by atoms with Crippen molar-refractivity contribution in [2.45, 2.75) is 112 Å². The Morgan fingerprint density at radius 2 is 1.29 bits per heavy atom. The molecule has 1 rings (SSSR count). The van der Waals surface area contributed by atoms with Crippen LogP contribution in [0.15, 0.2) is 0 Å². The molecule has 2 amide bonds. The number of nitrogens with one attached hydrogen (secondary N) is 3. The van der Waals surface area contributed by atoms with Crippen LogP contribution in [0.4, 0.5) is 11.6 Å². The summed E-state index contributed by atoms with van der Waals surface area (Å²) in [5, 5.41) is 9.39. The van der Waals surface area contributed by atoms with Gasteiger partial charge in [0.15, 0.2) is 23.0 Å². The second kappa shape index (κ2) is 13.6. The molecule has 0 aliphatic heterocycles. The lowest BCUT2D eigenvalue weighted by molar-refractivity contribution is -0.0144. The van der Waals surface area contributed by atoms with Crippen molar-refractivity contribution in [2.24, 2.45) is 11.1 Å². The number of anilines is 2. The summed E-state index contributed by atoms with van der Waals surface area (Å²) in [6.07, 6.45) is 2.19. The van der Waals surface area contributed by atoms with E-state index in [-0.39, 0.29) is 39.6 Å². The first-order chi connectivity index (χ1) is 17.3. The zero-order valence-corrected chi connectivity index (χ0v) is 25.6. The van der Waals surface area contributed by atoms with Gasteiger partial charge in [0.05, 0.1) is 11.2 Å². The molecule has 1 aromatic rings. The normalized spacial score (nSPS) is 12.8. The van der Waals surface area contributed by atoms with Crippen LogP contribution in [0.1, 0.15) is 116 Å². The van der Waals surface area contributed by atoms with Crippen LogP contribution in [0.2, 0.25) is 0 Å². The molecule has 0 atom stereocenters. The highest BCUT2D eigenvalue weighted by Crippen LogP contribution is 2.25. The van der Waals surface area contributed by atoms with Gasteiger partial charge in [0.25, 0.3) is 11.8 Å². The Hall–Kier alpha value is -2.46. The van der Waals surface area contributed by atoms with Gasteiger partial charge in [0.1, 0.15) is 0 Å². The second-order valence-electron chi connectivity index (χ2n) is 13.2. The van der Waals surface area contributed by atoms with Crippen molar-refractivity contribution in [2.75, 3.05) is 36.9 Å².